The number of nitrogens with one attached hydrogen (secondary N) is 1. The highest BCUT2D eigenvalue weighted by Gasteiger charge is 2.19. The number of nitrogens with zero attached hydrogens (tertiary/aromatic N) is 1. The molecule has 0 saturated carbocycles. The molecule has 0 aliphatic carbocycles. The minimum absolute atomic E-state index is 0.0348. The lowest BCUT2D eigenvalue weighted by molar-refractivity contribution is -0.116. The van der Waals surface area contributed by atoms with E-state index in [0.29, 0.717) is 17.0 Å². The number of ketones is 1. The molecule has 6 nitrogen and oxygen atoms in total. The molecule has 29 heavy (non-hydrogen) atoms. The van der Waals surface area contributed by atoms with Crippen LogP contribution in [0, 0.1) is 5.82 Å². The lowest BCUT2D eigenvalue weighted by Crippen LogP contribution is -2.34. The van der Waals surface area contributed by atoms with Crippen LogP contribution >= 0.6 is 0 Å². The first kappa shape index (κ1) is 20.0. The van der Waals surface area contributed by atoms with Crippen molar-refractivity contribution in [2.75, 3.05) is 18.9 Å². The zero-order chi connectivity index (χ0) is 21.0. The Morgan fingerprint density at radius 2 is 1.62 bits per heavy atom. The lowest BCUT2D eigenvalue weighted by atomic mass is 10.1. The van der Waals surface area contributed by atoms with Crippen LogP contribution in [0.5, 0.6) is 0 Å². The van der Waals surface area contributed by atoms with Gasteiger partial charge in [0.05, 0.1) is 6.54 Å². The molecule has 0 saturated heterocycles. The van der Waals surface area contributed by atoms with Crippen molar-refractivity contribution in [3.63, 3.8) is 0 Å². The van der Waals surface area contributed by atoms with E-state index < -0.39 is 17.6 Å². The van der Waals surface area contributed by atoms with Crippen molar-refractivity contribution in [1.82, 2.24) is 4.90 Å². The molecule has 0 radical (unpaired) electrons. The van der Waals surface area contributed by atoms with Gasteiger partial charge in [0.2, 0.25) is 5.91 Å². The van der Waals surface area contributed by atoms with Gasteiger partial charge in [-0.2, -0.15) is 0 Å². The Hall–Kier alpha value is -3.74. The summed E-state index contributed by atoms with van der Waals surface area (Å²) in [6.45, 7) is 1.29. The van der Waals surface area contributed by atoms with E-state index >= 15 is 0 Å². The Kier molecular flexibility index (Phi) is 5.87. The van der Waals surface area contributed by atoms with Crippen molar-refractivity contribution in [1.29, 1.82) is 0 Å². The molecular formula is C22H19FN2O4. The Morgan fingerprint density at radius 1 is 0.966 bits per heavy atom. The lowest BCUT2D eigenvalue weighted by Gasteiger charge is -2.15. The number of halogens is 1. The zero-order valence-electron chi connectivity index (χ0n) is 15.9. The Bertz CT molecular complexity index is 1040. The molecule has 2 aromatic carbocycles. The molecule has 0 fully saturated rings. The van der Waals surface area contributed by atoms with Gasteiger partial charge in [-0.05, 0) is 43.3 Å². The molecule has 3 aromatic rings. The second kappa shape index (κ2) is 8.52. The molecule has 148 valence electrons. The van der Waals surface area contributed by atoms with Gasteiger partial charge in [-0.3, -0.25) is 14.4 Å². The summed E-state index contributed by atoms with van der Waals surface area (Å²) in [5.74, 6) is -0.738. The number of benzene rings is 2. The predicted octanol–water partition coefficient (Wildman–Crippen LogP) is 4.00. The number of carbonyl (C=O) groups excluding carboxylic acids is 3. The first-order chi connectivity index (χ1) is 13.8. The van der Waals surface area contributed by atoms with Crippen LogP contribution in [0.1, 0.15) is 27.8 Å². The van der Waals surface area contributed by atoms with Gasteiger partial charge < -0.3 is 14.6 Å². The van der Waals surface area contributed by atoms with Gasteiger partial charge in [0.15, 0.2) is 11.5 Å². The third-order valence-corrected chi connectivity index (χ3v) is 4.25. The molecule has 0 atom stereocenters. The Morgan fingerprint density at radius 3 is 2.24 bits per heavy atom. The second-order valence-corrected chi connectivity index (χ2v) is 6.51. The third-order valence-electron chi connectivity index (χ3n) is 4.25. The summed E-state index contributed by atoms with van der Waals surface area (Å²) >= 11 is 0. The maximum Gasteiger partial charge on any atom is 0.289 e. The van der Waals surface area contributed by atoms with E-state index in [1.54, 1.807) is 30.3 Å². The number of hydrogen-bond donors (Lipinski definition) is 1. The Labute approximate surface area is 166 Å². The highest BCUT2D eigenvalue weighted by atomic mass is 19.1. The quantitative estimate of drug-likeness (QED) is 0.641. The van der Waals surface area contributed by atoms with Gasteiger partial charge in [0.1, 0.15) is 11.6 Å². The minimum atomic E-state index is -0.453. The van der Waals surface area contributed by atoms with Crippen molar-refractivity contribution in [2.45, 2.75) is 6.92 Å². The molecule has 0 bridgehead atoms. The topological polar surface area (TPSA) is 79.6 Å². The second-order valence-electron chi connectivity index (χ2n) is 6.51. The van der Waals surface area contributed by atoms with E-state index in [1.807, 2.05) is 0 Å². The number of anilines is 1. The van der Waals surface area contributed by atoms with Crippen LogP contribution in [-0.2, 0) is 4.79 Å². The monoisotopic (exact) mass is 394 g/mol. The van der Waals surface area contributed by atoms with E-state index in [0.717, 1.165) is 5.56 Å². The van der Waals surface area contributed by atoms with Crippen LogP contribution in [-0.4, -0.2) is 36.1 Å². The van der Waals surface area contributed by atoms with E-state index in [2.05, 4.69) is 5.32 Å². The van der Waals surface area contributed by atoms with Crippen LogP contribution in [0.15, 0.2) is 65.1 Å². The van der Waals surface area contributed by atoms with Crippen molar-refractivity contribution in [3.05, 3.63) is 77.8 Å². The summed E-state index contributed by atoms with van der Waals surface area (Å²) in [6.07, 6.45) is 0. The molecule has 2 amide bonds. The molecule has 1 heterocycles. The van der Waals surface area contributed by atoms with Gasteiger partial charge in [0, 0.05) is 23.9 Å². The molecule has 0 aliphatic heterocycles. The number of hydrogen-bond acceptors (Lipinski definition) is 4. The molecule has 0 aliphatic rings. The standard InChI is InChI=1S/C22H19FN2O4/c1-14(26)15-3-5-16(6-4-15)19-11-12-20(29-19)22(28)25(2)13-21(27)24-18-9-7-17(23)8-10-18/h3-12H,13H2,1-2H3,(H,24,27). The molecule has 0 unspecified atom stereocenters. The average molecular weight is 394 g/mol. The van der Waals surface area contributed by atoms with Gasteiger partial charge >= 0.3 is 0 Å². The van der Waals surface area contributed by atoms with Gasteiger partial charge in [-0.15, -0.1) is 0 Å². The van der Waals surface area contributed by atoms with Crippen molar-refractivity contribution in [2.24, 2.45) is 0 Å². The van der Waals surface area contributed by atoms with Crippen LogP contribution in [0.4, 0.5) is 10.1 Å². The number of furan rings is 1. The number of amides is 2. The fourth-order valence-corrected chi connectivity index (χ4v) is 2.69. The maximum absolute atomic E-state index is 12.9. The molecule has 7 heteroatoms. The van der Waals surface area contributed by atoms with Crippen LogP contribution in [0.25, 0.3) is 11.3 Å². The van der Waals surface area contributed by atoms with Gasteiger partial charge in [0.25, 0.3) is 5.91 Å². The fraction of sp³-hybridized carbons (Fsp3) is 0.136. The van der Waals surface area contributed by atoms with Crippen molar-refractivity contribution >= 4 is 23.3 Å². The fourth-order valence-electron chi connectivity index (χ4n) is 2.69. The first-order valence-electron chi connectivity index (χ1n) is 8.85. The number of rotatable bonds is 6. The van der Waals surface area contributed by atoms with Crippen molar-refractivity contribution < 1.29 is 23.2 Å². The van der Waals surface area contributed by atoms with Gasteiger partial charge in [-0.25, -0.2) is 4.39 Å². The smallest absolute Gasteiger partial charge is 0.289 e. The summed E-state index contributed by atoms with van der Waals surface area (Å²) in [4.78, 5) is 37.2. The zero-order valence-corrected chi connectivity index (χ0v) is 15.9. The van der Waals surface area contributed by atoms with E-state index in [9.17, 15) is 18.8 Å². The summed E-state index contributed by atoms with van der Waals surface area (Å²) in [5, 5.41) is 2.59. The Balaban J connectivity index is 1.63. The number of Topliss-reactive ketones (excluding diaryl/α,β-unsaturated/α-hetero) is 1. The molecular weight excluding hydrogens is 375 g/mol. The normalized spacial score (nSPS) is 10.4. The minimum Gasteiger partial charge on any atom is -0.451 e. The molecule has 1 N–H and O–H groups in total. The summed E-state index contributed by atoms with van der Waals surface area (Å²) < 4.78 is 18.5. The molecule has 0 spiro atoms. The highest BCUT2D eigenvalue weighted by Crippen LogP contribution is 2.23. The third kappa shape index (κ3) is 4.95. The molecule has 3 rings (SSSR count). The highest BCUT2D eigenvalue weighted by molar-refractivity contribution is 5.98. The van der Waals surface area contributed by atoms with Crippen molar-refractivity contribution in [3.8, 4) is 11.3 Å². The summed E-state index contributed by atoms with van der Waals surface area (Å²) in [5.41, 5.74) is 1.75. The summed E-state index contributed by atoms with van der Waals surface area (Å²) in [6, 6.07) is 15.4. The van der Waals surface area contributed by atoms with E-state index in [1.165, 1.54) is 49.2 Å². The van der Waals surface area contributed by atoms with Crippen LogP contribution in [0.3, 0.4) is 0 Å². The van der Waals surface area contributed by atoms with E-state index in [-0.39, 0.29) is 18.1 Å². The largest absolute Gasteiger partial charge is 0.451 e. The number of carbonyl (C=O) groups is 3. The molecule has 1 aromatic heterocycles. The van der Waals surface area contributed by atoms with E-state index in [4.69, 9.17) is 4.42 Å². The SMILES string of the molecule is CC(=O)c1ccc(-c2ccc(C(=O)N(C)CC(=O)Nc3ccc(F)cc3)o2)cc1. The first-order valence-corrected chi connectivity index (χ1v) is 8.85. The van der Waals surface area contributed by atoms with Crippen LogP contribution in [0.2, 0.25) is 0 Å². The van der Waals surface area contributed by atoms with Gasteiger partial charge in [-0.1, -0.05) is 24.3 Å². The maximum atomic E-state index is 12.9. The summed E-state index contributed by atoms with van der Waals surface area (Å²) in [7, 11) is 1.48. The van der Waals surface area contributed by atoms with Crippen LogP contribution < -0.4 is 5.32 Å². The predicted molar refractivity (Wildman–Crippen MR) is 106 cm³/mol. The average Bonchev–Trinajstić information content (AvgIpc) is 3.19. The number of likely N-dealkylation sites (N-methyl/N-ethyl adjacent to an activating group) is 1.